The van der Waals surface area contributed by atoms with E-state index in [9.17, 15) is 19.5 Å². The van der Waals surface area contributed by atoms with E-state index >= 15 is 0 Å². The van der Waals surface area contributed by atoms with Gasteiger partial charge in [0.1, 0.15) is 11.3 Å². The lowest BCUT2D eigenvalue weighted by atomic mass is 10.2. The molecule has 3 N–H and O–H groups in total. The number of nitrogens with zero attached hydrogens (tertiary/aromatic N) is 2. The number of nitrogens with one attached hydrogen (secondary N) is 2. The van der Waals surface area contributed by atoms with Crippen LogP contribution in [-0.2, 0) is 19.1 Å². The number of carbonyl (C=O) groups excluding carboxylic acids is 3. The van der Waals surface area contributed by atoms with Crippen molar-refractivity contribution in [3.05, 3.63) is 0 Å². The van der Waals surface area contributed by atoms with Crippen molar-refractivity contribution in [1.82, 2.24) is 10.2 Å². The highest BCUT2D eigenvalue weighted by Crippen LogP contribution is 2.46. The number of thioether (sulfide) groups is 2. The molecule has 0 spiro atoms. The fourth-order valence-corrected chi connectivity index (χ4v) is 5.62. The Labute approximate surface area is 162 Å². The smallest absolute Gasteiger partial charge is 0.306 e. The highest BCUT2D eigenvalue weighted by Gasteiger charge is 2.54. The molecule has 0 aromatic rings. The molecule has 3 fully saturated rings. The number of hydrogen-bond donors (Lipinski definition) is 3. The summed E-state index contributed by atoms with van der Waals surface area (Å²) in [7, 11) is 1.28. The summed E-state index contributed by atoms with van der Waals surface area (Å²) in [6, 6.07) is 0. The Morgan fingerprint density at radius 1 is 1.52 bits per heavy atom. The number of aliphatic hydroxyl groups excluding tert-OH is 1. The van der Waals surface area contributed by atoms with E-state index in [2.05, 4.69) is 10.3 Å². The normalized spacial score (nSPS) is 34.2. The van der Waals surface area contributed by atoms with Crippen molar-refractivity contribution >= 4 is 52.4 Å². The number of ether oxygens (including phenoxy) is 2. The van der Waals surface area contributed by atoms with Crippen LogP contribution in [0.3, 0.4) is 0 Å². The Morgan fingerprint density at radius 3 is 2.93 bits per heavy atom. The minimum atomic E-state index is -0.880. The molecule has 2 amide bonds. The van der Waals surface area contributed by atoms with E-state index in [-0.39, 0.29) is 24.1 Å². The van der Waals surface area contributed by atoms with Crippen LogP contribution in [0.25, 0.3) is 0 Å². The largest absolute Gasteiger partial charge is 0.469 e. The molecular weight excluding hydrogens is 396 g/mol. The number of carbonyl (C=O) groups is 3. The highest BCUT2D eigenvalue weighted by atomic mass is 32.2. The van der Waals surface area contributed by atoms with E-state index in [1.807, 2.05) is 0 Å². The SMILES string of the molecule is COC(=O)CC1SC([C@@H](O)C2CC2)OC1N1C(=O)SC2C(=O)NC(=N)N=C21. The van der Waals surface area contributed by atoms with Gasteiger partial charge in [0, 0.05) is 0 Å². The zero-order chi connectivity index (χ0) is 19.3. The molecule has 0 aromatic heterocycles. The van der Waals surface area contributed by atoms with Gasteiger partial charge in [-0.15, -0.1) is 11.8 Å². The molecule has 3 heterocycles. The number of esters is 1. The Balaban J connectivity index is 1.61. The molecule has 27 heavy (non-hydrogen) atoms. The summed E-state index contributed by atoms with van der Waals surface area (Å²) >= 11 is 2.07. The van der Waals surface area contributed by atoms with Crippen molar-refractivity contribution in [2.45, 2.75) is 47.5 Å². The Hall–Kier alpha value is -1.63. The van der Waals surface area contributed by atoms with Crippen LogP contribution >= 0.6 is 23.5 Å². The number of methoxy groups -OCH3 is 1. The lowest BCUT2D eigenvalue weighted by Crippen LogP contribution is -2.52. The fourth-order valence-electron chi connectivity index (χ4n) is 3.21. The van der Waals surface area contributed by atoms with Crippen molar-refractivity contribution < 1.29 is 29.0 Å². The summed E-state index contributed by atoms with van der Waals surface area (Å²) < 4.78 is 10.7. The van der Waals surface area contributed by atoms with Gasteiger partial charge in [-0.2, -0.15) is 4.99 Å². The average molecular weight is 414 g/mol. The van der Waals surface area contributed by atoms with E-state index in [1.165, 1.54) is 23.8 Å². The van der Waals surface area contributed by atoms with Gasteiger partial charge in [-0.1, -0.05) is 0 Å². The number of amides is 2. The minimum Gasteiger partial charge on any atom is -0.469 e. The topological polar surface area (TPSA) is 141 Å². The molecule has 4 unspecified atom stereocenters. The second kappa shape index (κ2) is 7.08. The van der Waals surface area contributed by atoms with Gasteiger partial charge in [0.25, 0.3) is 5.24 Å². The first-order valence-electron chi connectivity index (χ1n) is 8.42. The van der Waals surface area contributed by atoms with E-state index in [0.717, 1.165) is 24.6 Å². The summed E-state index contributed by atoms with van der Waals surface area (Å²) in [4.78, 5) is 41.7. The summed E-state index contributed by atoms with van der Waals surface area (Å²) in [6.45, 7) is 0. The van der Waals surface area contributed by atoms with E-state index in [0.29, 0.717) is 0 Å². The van der Waals surface area contributed by atoms with Crippen molar-refractivity contribution in [2.24, 2.45) is 10.9 Å². The minimum absolute atomic E-state index is 0.0181. The van der Waals surface area contributed by atoms with E-state index in [4.69, 9.17) is 14.9 Å². The van der Waals surface area contributed by atoms with Gasteiger partial charge < -0.3 is 14.6 Å². The molecule has 10 nitrogen and oxygen atoms in total. The first kappa shape index (κ1) is 18.7. The van der Waals surface area contributed by atoms with E-state index in [1.54, 1.807) is 0 Å². The highest BCUT2D eigenvalue weighted by molar-refractivity contribution is 8.16. The van der Waals surface area contributed by atoms with E-state index < -0.39 is 45.4 Å². The molecule has 0 radical (unpaired) electrons. The van der Waals surface area contributed by atoms with Gasteiger partial charge in [-0.3, -0.25) is 30.0 Å². The Bertz CT molecular complexity index is 742. The maximum Gasteiger partial charge on any atom is 0.306 e. The molecule has 0 aromatic carbocycles. The number of amidine groups is 1. The molecule has 2 saturated heterocycles. The predicted molar refractivity (Wildman–Crippen MR) is 97.3 cm³/mol. The molecule has 1 aliphatic carbocycles. The lowest BCUT2D eigenvalue weighted by Gasteiger charge is -2.29. The van der Waals surface area contributed by atoms with Crippen LogP contribution in [0.1, 0.15) is 19.3 Å². The first-order chi connectivity index (χ1) is 12.9. The Morgan fingerprint density at radius 2 is 2.26 bits per heavy atom. The van der Waals surface area contributed by atoms with Gasteiger partial charge in [-0.05, 0) is 30.5 Å². The van der Waals surface area contributed by atoms with Gasteiger partial charge in [0.05, 0.1) is 24.9 Å². The van der Waals surface area contributed by atoms with Crippen molar-refractivity contribution in [3.8, 4) is 0 Å². The zero-order valence-electron chi connectivity index (χ0n) is 14.3. The van der Waals surface area contributed by atoms with Gasteiger partial charge >= 0.3 is 5.97 Å². The van der Waals surface area contributed by atoms with Crippen molar-refractivity contribution in [3.63, 3.8) is 0 Å². The third kappa shape index (κ3) is 3.46. The molecule has 4 rings (SSSR count). The fraction of sp³-hybridized carbons (Fsp3) is 0.667. The number of rotatable bonds is 5. The maximum absolute atomic E-state index is 12.6. The molecule has 3 aliphatic heterocycles. The van der Waals surface area contributed by atoms with Crippen LogP contribution in [0.4, 0.5) is 4.79 Å². The second-order valence-electron chi connectivity index (χ2n) is 6.62. The van der Waals surface area contributed by atoms with Gasteiger partial charge in [-0.25, -0.2) is 0 Å². The summed E-state index contributed by atoms with van der Waals surface area (Å²) in [5.74, 6) is -1.02. The third-order valence-electron chi connectivity index (χ3n) is 4.74. The summed E-state index contributed by atoms with van der Waals surface area (Å²) in [5.41, 5.74) is -0.591. The van der Waals surface area contributed by atoms with Crippen LogP contribution in [-0.4, -0.2) is 74.3 Å². The molecule has 146 valence electrons. The first-order valence-corrected chi connectivity index (χ1v) is 10.2. The molecule has 5 atom stereocenters. The molecule has 0 bridgehead atoms. The number of fused-ring (bicyclic) bond motifs is 1. The number of guanidine groups is 1. The number of aliphatic imine (C=N–C) groups is 1. The molecule has 1 saturated carbocycles. The van der Waals surface area contributed by atoms with Crippen LogP contribution in [0.2, 0.25) is 0 Å². The predicted octanol–water partition coefficient (Wildman–Crippen LogP) is 0.105. The maximum atomic E-state index is 12.6. The molecule has 12 heteroatoms. The molecular formula is C15H18N4O6S2. The van der Waals surface area contributed by atoms with Crippen LogP contribution in [0.15, 0.2) is 4.99 Å². The van der Waals surface area contributed by atoms with Crippen molar-refractivity contribution in [2.75, 3.05) is 7.11 Å². The summed E-state index contributed by atoms with van der Waals surface area (Å²) in [6.07, 6.45) is 0.235. The number of hydrogen-bond acceptors (Lipinski definition) is 9. The van der Waals surface area contributed by atoms with Gasteiger partial charge in [0.15, 0.2) is 11.5 Å². The third-order valence-corrected chi connectivity index (χ3v) is 7.20. The second-order valence-corrected chi connectivity index (χ2v) is 9.02. The van der Waals surface area contributed by atoms with Crippen LogP contribution in [0, 0.1) is 11.3 Å². The quantitative estimate of drug-likeness (QED) is 0.538. The standard InChI is InChI=1S/C15H18N4O6S2/c1-24-7(20)4-6-12(25-13(26-6)8(21)5-2-3-5)19-10-9(27-15(19)23)11(22)18-14(16)17-10/h5-6,8-9,12-13,21H,2-4H2,1H3,(H2,16,18,22)/t6?,8-,9?,12?,13?/m0/s1. The molecule has 4 aliphatic rings. The Kier molecular flexibility index (Phi) is 4.91. The van der Waals surface area contributed by atoms with Gasteiger partial charge in [0.2, 0.25) is 11.9 Å². The monoisotopic (exact) mass is 414 g/mol. The summed E-state index contributed by atoms with van der Waals surface area (Å²) in [5, 5.41) is 18.6. The van der Waals surface area contributed by atoms with Crippen LogP contribution < -0.4 is 5.32 Å². The van der Waals surface area contributed by atoms with Crippen molar-refractivity contribution in [1.29, 1.82) is 5.41 Å². The van der Waals surface area contributed by atoms with Crippen LogP contribution in [0.5, 0.6) is 0 Å². The average Bonchev–Trinajstić information content (AvgIpc) is 3.32. The zero-order valence-corrected chi connectivity index (χ0v) is 15.9. The number of aliphatic hydroxyl groups is 1. The lowest BCUT2D eigenvalue weighted by molar-refractivity contribution is -0.141.